The summed E-state index contributed by atoms with van der Waals surface area (Å²) in [5.41, 5.74) is -1.74. The summed E-state index contributed by atoms with van der Waals surface area (Å²) in [7, 11) is 6.28. The van der Waals surface area contributed by atoms with Gasteiger partial charge in [0.2, 0.25) is 0 Å². The maximum absolute atomic E-state index is 13.6. The highest BCUT2D eigenvalue weighted by atomic mass is 16.8. The van der Waals surface area contributed by atoms with Gasteiger partial charge in [-0.15, -0.1) is 0 Å². The lowest BCUT2D eigenvalue weighted by atomic mass is 9.43. The number of hydrogen-bond donors (Lipinski definition) is 4. The normalized spacial score (nSPS) is 49.0. The zero-order valence-electron chi connectivity index (χ0n) is 47.4. The summed E-state index contributed by atoms with van der Waals surface area (Å²) < 4.78 is 87.7. The van der Waals surface area contributed by atoms with E-state index in [9.17, 15) is 30.0 Å². The lowest BCUT2D eigenvalue weighted by Crippen LogP contribution is -2.72. The third kappa shape index (κ3) is 11.5. The molecule has 0 amide bonds. The van der Waals surface area contributed by atoms with E-state index in [2.05, 4.69) is 13.0 Å². The van der Waals surface area contributed by atoms with E-state index in [1.165, 1.54) is 14.0 Å². The van der Waals surface area contributed by atoms with Crippen LogP contribution in [0, 0.1) is 34.5 Å². The van der Waals surface area contributed by atoms with E-state index in [4.69, 9.17) is 66.3 Å². The van der Waals surface area contributed by atoms with Gasteiger partial charge in [0.15, 0.2) is 25.2 Å². The minimum Gasteiger partial charge on any atom is -0.458 e. The first-order valence-corrected chi connectivity index (χ1v) is 28.1. The molecule has 27 atom stereocenters. The standard InChI is InChI=1S/C56H92O20/c1-26(2)21-40(59)73-52-50(71-32(8)58)44-36(56(62)20-18-35(27(3)57)55(52,56)10)16-15-33-22-34(17-19-54(33,44)9)72-41-23-37(63-11)47(29(5)67-41)74-42-24-38(64-12)48(30(6)68-42)75-43-25-39(65-13)49(31(7)69-43)76-53-46(61)51(66-14)45(60)28(4)70-53/h15,26-31,34-39,41-53,57,60-62H,16-25H2,1-14H3/t27-,28-,29-,30-,31-,34-,35+,36+,37+,38+,39-,41+,42+,43+,44-,45-,46-,47-,48-,49-,50+,51-,52-,53+,54+,55+,56-/m1/s1. The van der Waals surface area contributed by atoms with Crippen molar-refractivity contribution in [2.45, 2.75) is 268 Å². The Morgan fingerprint density at radius 1 is 0.684 bits per heavy atom. The molecule has 0 aromatic rings. The van der Waals surface area contributed by atoms with E-state index in [0.29, 0.717) is 57.8 Å². The first kappa shape index (κ1) is 60.1. The van der Waals surface area contributed by atoms with Crippen LogP contribution in [0.3, 0.4) is 0 Å². The van der Waals surface area contributed by atoms with Gasteiger partial charge in [-0.3, -0.25) is 9.59 Å². The van der Waals surface area contributed by atoms with Gasteiger partial charge in [0.1, 0.15) is 48.8 Å². The van der Waals surface area contributed by atoms with Crippen molar-refractivity contribution in [1.29, 1.82) is 0 Å². The van der Waals surface area contributed by atoms with Crippen LogP contribution in [0.5, 0.6) is 0 Å². The van der Waals surface area contributed by atoms with E-state index >= 15 is 0 Å². The molecule has 20 heteroatoms. The second-order valence-electron chi connectivity index (χ2n) is 24.2. The summed E-state index contributed by atoms with van der Waals surface area (Å²) in [6.45, 7) is 18.5. The van der Waals surface area contributed by atoms with Gasteiger partial charge in [-0.25, -0.2) is 0 Å². The van der Waals surface area contributed by atoms with Gasteiger partial charge in [0, 0.05) is 72.4 Å². The van der Waals surface area contributed by atoms with Crippen molar-refractivity contribution < 1.29 is 96.3 Å². The van der Waals surface area contributed by atoms with Crippen LogP contribution in [0.25, 0.3) is 0 Å². The third-order valence-electron chi connectivity index (χ3n) is 19.1. The average molecular weight is 1090 g/mol. The number of ether oxygens (including phenoxy) is 14. The molecule has 3 saturated carbocycles. The largest absolute Gasteiger partial charge is 0.458 e. The predicted octanol–water partition coefficient (Wildman–Crippen LogP) is 4.64. The molecule has 20 nitrogen and oxygen atoms in total. The lowest BCUT2D eigenvalue weighted by molar-refractivity contribution is -0.355. The number of aliphatic hydroxyl groups is 4. The van der Waals surface area contributed by atoms with Crippen LogP contribution in [0.2, 0.25) is 0 Å². The van der Waals surface area contributed by atoms with Crippen molar-refractivity contribution in [3.8, 4) is 0 Å². The number of fused-ring (bicyclic) bond motifs is 5. The van der Waals surface area contributed by atoms with Crippen molar-refractivity contribution >= 4 is 11.9 Å². The van der Waals surface area contributed by atoms with Gasteiger partial charge in [-0.2, -0.15) is 0 Å². The smallest absolute Gasteiger partial charge is 0.306 e. The molecule has 8 rings (SSSR count). The van der Waals surface area contributed by atoms with Crippen molar-refractivity contribution in [3.63, 3.8) is 0 Å². The van der Waals surface area contributed by atoms with Crippen LogP contribution < -0.4 is 0 Å². The van der Waals surface area contributed by atoms with Crippen LogP contribution in [0.15, 0.2) is 11.6 Å². The fourth-order valence-electron chi connectivity index (χ4n) is 15.2. The Bertz CT molecular complexity index is 1990. The fraction of sp³-hybridized carbons (Fsp3) is 0.929. The summed E-state index contributed by atoms with van der Waals surface area (Å²) >= 11 is 0. The maximum atomic E-state index is 13.6. The third-order valence-corrected chi connectivity index (χ3v) is 19.1. The van der Waals surface area contributed by atoms with Crippen LogP contribution >= 0.6 is 0 Å². The van der Waals surface area contributed by atoms with Crippen molar-refractivity contribution in [2.75, 3.05) is 28.4 Å². The number of aliphatic hydroxyl groups excluding tert-OH is 3. The number of carbonyl (C=O) groups excluding carboxylic acids is 2. The van der Waals surface area contributed by atoms with Gasteiger partial charge in [0.25, 0.3) is 0 Å². The predicted molar refractivity (Wildman–Crippen MR) is 270 cm³/mol. The molecule has 0 bridgehead atoms. The summed E-state index contributed by atoms with van der Waals surface area (Å²) in [5.74, 6) is -1.93. The fourth-order valence-corrected chi connectivity index (χ4v) is 15.2. The second kappa shape index (κ2) is 24.2. The number of esters is 2. The SMILES string of the molecule is CO[C@H]1[C@@H](O)[C@H](O[C@@H]2[C@@H](C)O[C@@H](O[C@H]3[C@@H](OC)C[C@H](O[C@H]4[C@@H](OC)C[C@H](O[C@@H]5CC[C@@]6(C)C(=CC[C@H]7[C@@H]6[C@H](OC(C)=O)[C@@H](OC(=O)CC(C)C)[C@]6(C)[C@H]([C@@H](C)O)CC[C@@]76O)C5)O[C@@H]4C)O[C@@H]3C)C[C@H]2OC)O[C@H](C)[C@H]1O. The zero-order chi connectivity index (χ0) is 55.3. The highest BCUT2D eigenvalue weighted by Crippen LogP contribution is 2.69. The molecule has 0 unspecified atom stereocenters. The summed E-state index contributed by atoms with van der Waals surface area (Å²) in [6, 6.07) is 0. The van der Waals surface area contributed by atoms with Gasteiger partial charge in [0.05, 0.1) is 60.5 Å². The molecule has 0 aromatic carbocycles. The first-order chi connectivity index (χ1) is 35.9. The molecule has 0 aromatic heterocycles. The number of allylic oxidation sites excluding steroid dienone is 1. The topological polar surface area (TPSA) is 244 Å². The monoisotopic (exact) mass is 1080 g/mol. The number of hydrogen-bond acceptors (Lipinski definition) is 20. The molecule has 7 fully saturated rings. The van der Waals surface area contributed by atoms with E-state index in [0.717, 1.165) is 5.57 Å². The molecule has 4 saturated heterocycles. The molecule has 4 N–H and O–H groups in total. The quantitative estimate of drug-likeness (QED) is 0.114. The highest BCUT2D eigenvalue weighted by Gasteiger charge is 2.75. The number of carbonyl (C=O) groups is 2. The van der Waals surface area contributed by atoms with Gasteiger partial charge < -0.3 is 86.7 Å². The average Bonchev–Trinajstić information content (AvgIpc) is 3.88. The molecule has 4 aliphatic carbocycles. The minimum atomic E-state index is -1.30. The van der Waals surface area contributed by atoms with Gasteiger partial charge >= 0.3 is 11.9 Å². The van der Waals surface area contributed by atoms with Crippen molar-refractivity contribution in [2.24, 2.45) is 34.5 Å². The van der Waals surface area contributed by atoms with Gasteiger partial charge in [-0.05, 0) is 96.3 Å². The van der Waals surface area contributed by atoms with Crippen LogP contribution in [0.4, 0.5) is 0 Å². The molecule has 0 spiro atoms. The molecular weight excluding hydrogens is 993 g/mol. The molecule has 8 aliphatic rings. The zero-order valence-corrected chi connectivity index (χ0v) is 47.4. The van der Waals surface area contributed by atoms with E-state index < -0.39 is 151 Å². The molecule has 4 aliphatic heterocycles. The Morgan fingerprint density at radius 3 is 1.72 bits per heavy atom. The summed E-state index contributed by atoms with van der Waals surface area (Å²) in [6.07, 6.45) is -7.14. The second-order valence-corrected chi connectivity index (χ2v) is 24.2. The number of methoxy groups -OCH3 is 4. The Balaban J connectivity index is 0.886. The Labute approximate surface area is 449 Å². The van der Waals surface area contributed by atoms with Crippen molar-refractivity contribution in [1.82, 2.24) is 0 Å². The number of rotatable bonds is 17. The summed E-state index contributed by atoms with van der Waals surface area (Å²) in [5, 5.41) is 45.7. The van der Waals surface area contributed by atoms with Gasteiger partial charge in [-0.1, -0.05) is 39.3 Å². The van der Waals surface area contributed by atoms with Crippen LogP contribution in [0.1, 0.15) is 133 Å². The summed E-state index contributed by atoms with van der Waals surface area (Å²) in [4.78, 5) is 26.7. The van der Waals surface area contributed by atoms with E-state index in [1.54, 1.807) is 35.2 Å². The molecule has 436 valence electrons. The highest BCUT2D eigenvalue weighted by molar-refractivity contribution is 5.70. The maximum Gasteiger partial charge on any atom is 0.306 e. The molecule has 0 radical (unpaired) electrons. The van der Waals surface area contributed by atoms with E-state index in [1.807, 2.05) is 41.5 Å². The lowest BCUT2D eigenvalue weighted by Gasteiger charge is -2.65. The first-order valence-electron chi connectivity index (χ1n) is 28.1. The van der Waals surface area contributed by atoms with Crippen LogP contribution in [-0.2, 0) is 75.9 Å². The molecule has 4 heterocycles. The van der Waals surface area contributed by atoms with Crippen LogP contribution in [-0.4, -0.2) is 195 Å². The molecular formula is C56H92O20. The van der Waals surface area contributed by atoms with E-state index in [-0.39, 0.29) is 36.2 Å². The Morgan fingerprint density at radius 2 is 1.22 bits per heavy atom. The Hall–Kier alpha value is -1.96. The van der Waals surface area contributed by atoms with Crippen molar-refractivity contribution in [3.05, 3.63) is 11.6 Å². The molecule has 76 heavy (non-hydrogen) atoms. The Kier molecular flexibility index (Phi) is 19.2. The minimum absolute atomic E-state index is 0.0308.